The van der Waals surface area contributed by atoms with Crippen molar-refractivity contribution in [1.82, 2.24) is 4.90 Å². The Labute approximate surface area is 91.8 Å². The van der Waals surface area contributed by atoms with Crippen molar-refractivity contribution in [2.45, 2.75) is 32.6 Å². The number of carbonyl (C=O) groups excluding carboxylic acids is 1. The Kier molecular flexibility index (Phi) is 3.42. The maximum Gasteiger partial charge on any atom is 0.140 e. The van der Waals surface area contributed by atoms with Crippen molar-refractivity contribution in [3.8, 4) is 0 Å². The molecule has 0 aromatic carbocycles. The van der Waals surface area contributed by atoms with Crippen LogP contribution >= 0.6 is 0 Å². The third-order valence-corrected chi connectivity index (χ3v) is 3.85. The number of carbonyl (C=O) groups is 1. The quantitative estimate of drug-likeness (QED) is 0.705. The molecule has 0 unspecified atom stereocenters. The standard InChI is InChI=1S/C12H21NO2/c1-2-11(14)12(4-3-5-12)10-13-6-8-15-9-7-13/h2-10H2,1H3. The molecule has 0 N–H and O–H groups in total. The Hall–Kier alpha value is -0.410. The molecule has 2 aliphatic rings. The lowest BCUT2D eigenvalue weighted by atomic mass is 9.65. The minimum atomic E-state index is 0.0199. The van der Waals surface area contributed by atoms with Gasteiger partial charge in [0.15, 0.2) is 0 Å². The van der Waals surface area contributed by atoms with Crippen LogP contribution in [-0.4, -0.2) is 43.5 Å². The van der Waals surface area contributed by atoms with E-state index in [1.54, 1.807) is 0 Å². The fourth-order valence-corrected chi connectivity index (χ4v) is 2.69. The van der Waals surface area contributed by atoms with Crippen molar-refractivity contribution >= 4 is 5.78 Å². The second-order valence-corrected chi connectivity index (χ2v) is 4.80. The fourth-order valence-electron chi connectivity index (χ4n) is 2.69. The van der Waals surface area contributed by atoms with Crippen molar-refractivity contribution in [1.29, 1.82) is 0 Å². The lowest BCUT2D eigenvalue weighted by Crippen LogP contribution is -2.50. The summed E-state index contributed by atoms with van der Waals surface area (Å²) in [7, 11) is 0. The van der Waals surface area contributed by atoms with Gasteiger partial charge in [0.1, 0.15) is 5.78 Å². The molecular weight excluding hydrogens is 190 g/mol. The number of nitrogens with zero attached hydrogens (tertiary/aromatic N) is 1. The van der Waals surface area contributed by atoms with Crippen LogP contribution in [0.3, 0.4) is 0 Å². The highest BCUT2D eigenvalue weighted by Crippen LogP contribution is 2.43. The van der Waals surface area contributed by atoms with Gasteiger partial charge in [0.25, 0.3) is 0 Å². The predicted molar refractivity (Wildman–Crippen MR) is 58.8 cm³/mol. The van der Waals surface area contributed by atoms with Crippen LogP contribution in [0.15, 0.2) is 0 Å². The summed E-state index contributed by atoms with van der Waals surface area (Å²) >= 11 is 0. The van der Waals surface area contributed by atoms with E-state index < -0.39 is 0 Å². The molecule has 1 saturated heterocycles. The molecule has 3 nitrogen and oxygen atoms in total. The Bertz CT molecular complexity index is 230. The summed E-state index contributed by atoms with van der Waals surface area (Å²) in [5.74, 6) is 0.472. The summed E-state index contributed by atoms with van der Waals surface area (Å²) < 4.78 is 5.33. The van der Waals surface area contributed by atoms with Crippen LogP contribution in [0.2, 0.25) is 0 Å². The maximum atomic E-state index is 11.9. The number of ether oxygens (including phenoxy) is 1. The van der Waals surface area contributed by atoms with Gasteiger partial charge >= 0.3 is 0 Å². The van der Waals surface area contributed by atoms with Crippen molar-refractivity contribution < 1.29 is 9.53 Å². The molecule has 15 heavy (non-hydrogen) atoms. The zero-order chi connectivity index (χ0) is 10.7. The molecule has 2 rings (SSSR count). The Morgan fingerprint density at radius 1 is 1.33 bits per heavy atom. The summed E-state index contributed by atoms with van der Waals surface area (Å²) in [6.07, 6.45) is 4.15. The number of morpholine rings is 1. The van der Waals surface area contributed by atoms with Gasteiger partial charge in [-0.05, 0) is 12.8 Å². The Morgan fingerprint density at radius 3 is 2.47 bits per heavy atom. The SMILES string of the molecule is CCC(=O)C1(CN2CCOCC2)CCC1. The minimum Gasteiger partial charge on any atom is -0.379 e. The van der Waals surface area contributed by atoms with Crippen LogP contribution in [0.4, 0.5) is 0 Å². The fraction of sp³-hybridized carbons (Fsp3) is 0.917. The molecule has 1 saturated carbocycles. The average molecular weight is 211 g/mol. The highest BCUT2D eigenvalue weighted by molar-refractivity contribution is 5.85. The van der Waals surface area contributed by atoms with E-state index in [2.05, 4.69) is 4.90 Å². The van der Waals surface area contributed by atoms with Gasteiger partial charge in [-0.2, -0.15) is 0 Å². The molecule has 3 heteroatoms. The van der Waals surface area contributed by atoms with Gasteiger partial charge in [0.05, 0.1) is 13.2 Å². The number of ketones is 1. The first-order valence-corrected chi connectivity index (χ1v) is 6.10. The van der Waals surface area contributed by atoms with Crippen molar-refractivity contribution in [2.75, 3.05) is 32.8 Å². The lowest BCUT2D eigenvalue weighted by Gasteiger charge is -2.44. The molecule has 0 spiro atoms. The maximum absolute atomic E-state index is 11.9. The minimum absolute atomic E-state index is 0.0199. The number of rotatable bonds is 4. The van der Waals surface area contributed by atoms with Crippen LogP contribution in [0.5, 0.6) is 0 Å². The number of hydrogen-bond acceptors (Lipinski definition) is 3. The monoisotopic (exact) mass is 211 g/mol. The van der Waals surface area contributed by atoms with Gasteiger partial charge in [-0.25, -0.2) is 0 Å². The zero-order valence-corrected chi connectivity index (χ0v) is 9.63. The molecule has 0 aromatic heterocycles. The highest BCUT2D eigenvalue weighted by atomic mass is 16.5. The molecule has 0 atom stereocenters. The Morgan fingerprint density at radius 2 is 2.00 bits per heavy atom. The summed E-state index contributed by atoms with van der Waals surface area (Å²) in [6, 6.07) is 0. The smallest absolute Gasteiger partial charge is 0.140 e. The molecule has 1 heterocycles. The van der Waals surface area contributed by atoms with Gasteiger partial charge in [0.2, 0.25) is 0 Å². The molecule has 1 aliphatic heterocycles. The van der Waals surface area contributed by atoms with Gasteiger partial charge in [0, 0.05) is 31.5 Å². The van der Waals surface area contributed by atoms with Gasteiger partial charge in [-0.3, -0.25) is 9.69 Å². The molecule has 0 bridgehead atoms. The van der Waals surface area contributed by atoms with Crippen molar-refractivity contribution in [3.05, 3.63) is 0 Å². The predicted octanol–water partition coefficient (Wildman–Crippen LogP) is 1.47. The summed E-state index contributed by atoms with van der Waals surface area (Å²) in [5.41, 5.74) is 0.0199. The van der Waals surface area contributed by atoms with E-state index in [0.29, 0.717) is 12.2 Å². The molecule has 0 amide bonds. The molecule has 0 aromatic rings. The summed E-state index contributed by atoms with van der Waals surface area (Å²) in [4.78, 5) is 14.3. The van der Waals surface area contributed by atoms with E-state index in [9.17, 15) is 4.79 Å². The van der Waals surface area contributed by atoms with Crippen LogP contribution in [0.25, 0.3) is 0 Å². The first-order valence-electron chi connectivity index (χ1n) is 6.10. The number of Topliss-reactive ketones (excluding diaryl/α,β-unsaturated/α-hetero) is 1. The first-order chi connectivity index (χ1) is 7.27. The zero-order valence-electron chi connectivity index (χ0n) is 9.63. The topological polar surface area (TPSA) is 29.5 Å². The van der Waals surface area contributed by atoms with Gasteiger partial charge < -0.3 is 4.74 Å². The van der Waals surface area contributed by atoms with E-state index in [0.717, 1.165) is 45.7 Å². The van der Waals surface area contributed by atoms with E-state index in [1.165, 1.54) is 6.42 Å². The third kappa shape index (κ3) is 2.23. The van der Waals surface area contributed by atoms with E-state index >= 15 is 0 Å². The van der Waals surface area contributed by atoms with Crippen LogP contribution in [-0.2, 0) is 9.53 Å². The van der Waals surface area contributed by atoms with Crippen molar-refractivity contribution in [3.63, 3.8) is 0 Å². The summed E-state index contributed by atoms with van der Waals surface area (Å²) in [5, 5.41) is 0. The Balaban J connectivity index is 1.92. The van der Waals surface area contributed by atoms with Gasteiger partial charge in [-0.15, -0.1) is 0 Å². The van der Waals surface area contributed by atoms with Gasteiger partial charge in [-0.1, -0.05) is 13.3 Å². The van der Waals surface area contributed by atoms with Crippen LogP contribution < -0.4 is 0 Å². The highest BCUT2D eigenvalue weighted by Gasteiger charge is 2.43. The second kappa shape index (κ2) is 4.62. The van der Waals surface area contributed by atoms with Crippen LogP contribution in [0.1, 0.15) is 32.6 Å². The van der Waals surface area contributed by atoms with Crippen molar-refractivity contribution in [2.24, 2.45) is 5.41 Å². The molecule has 86 valence electrons. The van der Waals surface area contributed by atoms with E-state index in [-0.39, 0.29) is 5.41 Å². The van der Waals surface area contributed by atoms with E-state index in [1.807, 2.05) is 6.92 Å². The molecule has 1 aliphatic carbocycles. The lowest BCUT2D eigenvalue weighted by molar-refractivity contribution is -0.136. The van der Waals surface area contributed by atoms with Crippen LogP contribution in [0, 0.1) is 5.41 Å². The van der Waals surface area contributed by atoms with E-state index in [4.69, 9.17) is 4.74 Å². The largest absolute Gasteiger partial charge is 0.379 e. The molecule has 0 radical (unpaired) electrons. The molecule has 2 fully saturated rings. The molecular formula is C12H21NO2. The number of hydrogen-bond donors (Lipinski definition) is 0. The summed E-state index contributed by atoms with van der Waals surface area (Å²) in [6.45, 7) is 6.62. The second-order valence-electron chi connectivity index (χ2n) is 4.80. The third-order valence-electron chi connectivity index (χ3n) is 3.85. The first kappa shape index (κ1) is 11.1. The average Bonchev–Trinajstić information content (AvgIpc) is 2.24. The normalized spacial score (nSPS) is 25.9.